The monoisotopic (exact) mass is 361 g/mol. The standard InChI is InChI=1S/C18H20ClN3O3/c1-18(2,9-8-16(23)24)22-15-7-6-12(11-20-15)17(25)21-14-5-3-4-13(19)10-14/h3-7,10-11H,8-9H2,1-2H3,(H,20,22)(H,21,25)(H,23,24). The molecule has 0 saturated heterocycles. The zero-order chi connectivity index (χ0) is 18.4. The molecule has 3 N–H and O–H groups in total. The summed E-state index contributed by atoms with van der Waals surface area (Å²) in [6, 6.07) is 10.2. The second-order valence-electron chi connectivity index (χ2n) is 6.30. The van der Waals surface area contributed by atoms with E-state index in [0.29, 0.717) is 28.5 Å². The number of nitrogens with one attached hydrogen (secondary N) is 2. The van der Waals surface area contributed by atoms with E-state index >= 15 is 0 Å². The molecule has 0 fully saturated rings. The number of carbonyl (C=O) groups is 2. The van der Waals surface area contributed by atoms with Gasteiger partial charge in [0.1, 0.15) is 5.82 Å². The Morgan fingerprint density at radius 2 is 2.00 bits per heavy atom. The Kier molecular flexibility index (Phi) is 5.98. The van der Waals surface area contributed by atoms with Crippen molar-refractivity contribution in [3.8, 4) is 0 Å². The number of pyridine rings is 1. The van der Waals surface area contributed by atoms with Gasteiger partial charge in [0, 0.05) is 28.9 Å². The Morgan fingerprint density at radius 1 is 1.24 bits per heavy atom. The number of carboxylic acids is 1. The van der Waals surface area contributed by atoms with Crippen LogP contribution in [0.3, 0.4) is 0 Å². The third-order valence-electron chi connectivity index (χ3n) is 3.54. The highest BCUT2D eigenvalue weighted by Crippen LogP contribution is 2.19. The number of carbonyl (C=O) groups excluding carboxylic acids is 1. The number of aromatic nitrogens is 1. The molecule has 132 valence electrons. The lowest BCUT2D eigenvalue weighted by Gasteiger charge is -2.26. The second-order valence-corrected chi connectivity index (χ2v) is 6.74. The highest BCUT2D eigenvalue weighted by atomic mass is 35.5. The normalized spacial score (nSPS) is 11.0. The van der Waals surface area contributed by atoms with Crippen LogP contribution in [0.1, 0.15) is 37.0 Å². The number of carboxylic acid groups (broad SMARTS) is 1. The van der Waals surface area contributed by atoms with E-state index in [1.165, 1.54) is 6.20 Å². The molecule has 7 heteroatoms. The molecule has 1 aromatic carbocycles. The molecule has 0 aliphatic rings. The van der Waals surface area contributed by atoms with E-state index in [1.807, 2.05) is 13.8 Å². The lowest BCUT2D eigenvalue weighted by atomic mass is 9.98. The maximum Gasteiger partial charge on any atom is 0.303 e. The maximum absolute atomic E-state index is 12.2. The first-order valence-electron chi connectivity index (χ1n) is 7.78. The Labute approximate surface area is 151 Å². The SMILES string of the molecule is CC(C)(CCC(=O)O)Nc1ccc(C(=O)Nc2cccc(Cl)c2)cn1. The van der Waals surface area contributed by atoms with E-state index in [-0.39, 0.29) is 12.3 Å². The molecule has 0 atom stereocenters. The summed E-state index contributed by atoms with van der Waals surface area (Å²) in [6.45, 7) is 3.80. The van der Waals surface area contributed by atoms with Crippen LogP contribution >= 0.6 is 11.6 Å². The summed E-state index contributed by atoms with van der Waals surface area (Å²) in [5.74, 6) is -0.544. The van der Waals surface area contributed by atoms with Crippen LogP contribution in [-0.2, 0) is 4.79 Å². The van der Waals surface area contributed by atoms with Crippen molar-refractivity contribution in [1.82, 2.24) is 4.98 Å². The van der Waals surface area contributed by atoms with Crippen LogP contribution in [-0.4, -0.2) is 27.5 Å². The number of benzene rings is 1. The third-order valence-corrected chi connectivity index (χ3v) is 3.77. The minimum absolute atomic E-state index is 0.0696. The van der Waals surface area contributed by atoms with Gasteiger partial charge in [-0.1, -0.05) is 17.7 Å². The van der Waals surface area contributed by atoms with E-state index in [2.05, 4.69) is 15.6 Å². The van der Waals surface area contributed by atoms with Crippen molar-refractivity contribution in [2.45, 2.75) is 32.2 Å². The number of aliphatic carboxylic acids is 1. The van der Waals surface area contributed by atoms with Crippen molar-refractivity contribution in [2.24, 2.45) is 0 Å². The molecule has 1 heterocycles. The molecule has 0 saturated carbocycles. The van der Waals surface area contributed by atoms with Crippen molar-refractivity contribution in [3.05, 3.63) is 53.2 Å². The number of rotatable bonds is 7. The lowest BCUT2D eigenvalue weighted by Crippen LogP contribution is -2.32. The number of hydrogen-bond donors (Lipinski definition) is 3. The van der Waals surface area contributed by atoms with Crippen LogP contribution in [0.2, 0.25) is 5.02 Å². The average molecular weight is 362 g/mol. The summed E-state index contributed by atoms with van der Waals surface area (Å²) in [7, 11) is 0. The molecule has 0 unspecified atom stereocenters. The topological polar surface area (TPSA) is 91.3 Å². The Morgan fingerprint density at radius 3 is 2.60 bits per heavy atom. The summed E-state index contributed by atoms with van der Waals surface area (Å²) in [5, 5.41) is 15.2. The van der Waals surface area contributed by atoms with Crippen LogP contribution in [0, 0.1) is 0 Å². The quantitative estimate of drug-likeness (QED) is 0.692. The third kappa shape index (κ3) is 6.08. The number of amides is 1. The van der Waals surface area contributed by atoms with Gasteiger partial charge in [0.15, 0.2) is 0 Å². The van der Waals surface area contributed by atoms with Crippen molar-refractivity contribution < 1.29 is 14.7 Å². The van der Waals surface area contributed by atoms with Crippen molar-refractivity contribution in [2.75, 3.05) is 10.6 Å². The molecule has 0 radical (unpaired) electrons. The number of nitrogens with zero attached hydrogens (tertiary/aromatic N) is 1. The first kappa shape index (κ1) is 18.7. The smallest absolute Gasteiger partial charge is 0.303 e. The van der Waals surface area contributed by atoms with Gasteiger partial charge >= 0.3 is 5.97 Å². The van der Waals surface area contributed by atoms with Gasteiger partial charge in [-0.25, -0.2) is 4.98 Å². The number of halogens is 1. The van der Waals surface area contributed by atoms with Gasteiger partial charge in [0.25, 0.3) is 5.91 Å². The first-order valence-corrected chi connectivity index (χ1v) is 8.16. The lowest BCUT2D eigenvalue weighted by molar-refractivity contribution is -0.137. The summed E-state index contributed by atoms with van der Waals surface area (Å²) >= 11 is 5.89. The highest BCUT2D eigenvalue weighted by Gasteiger charge is 2.19. The van der Waals surface area contributed by atoms with E-state index < -0.39 is 11.5 Å². The van der Waals surface area contributed by atoms with Crippen molar-refractivity contribution >= 4 is 35.0 Å². The fourth-order valence-corrected chi connectivity index (χ4v) is 2.39. The van der Waals surface area contributed by atoms with E-state index in [0.717, 1.165) is 0 Å². The van der Waals surface area contributed by atoms with Gasteiger partial charge in [-0.3, -0.25) is 9.59 Å². The molecular formula is C18H20ClN3O3. The summed E-state index contributed by atoms with van der Waals surface area (Å²) in [4.78, 5) is 27.1. The zero-order valence-electron chi connectivity index (χ0n) is 14.0. The number of anilines is 2. The van der Waals surface area contributed by atoms with Crippen LogP contribution in [0.15, 0.2) is 42.6 Å². The van der Waals surface area contributed by atoms with Crippen molar-refractivity contribution in [3.63, 3.8) is 0 Å². The summed E-state index contributed by atoms with van der Waals surface area (Å²) in [6.07, 6.45) is 2.00. The Balaban J connectivity index is 1.99. The zero-order valence-corrected chi connectivity index (χ0v) is 14.8. The molecule has 0 spiro atoms. The fourth-order valence-electron chi connectivity index (χ4n) is 2.20. The average Bonchev–Trinajstić information content (AvgIpc) is 2.53. The molecule has 6 nitrogen and oxygen atoms in total. The van der Waals surface area contributed by atoms with Gasteiger partial charge in [-0.15, -0.1) is 0 Å². The number of hydrogen-bond acceptors (Lipinski definition) is 4. The molecule has 2 aromatic rings. The molecule has 1 aromatic heterocycles. The Bertz CT molecular complexity index is 760. The molecule has 0 aliphatic heterocycles. The molecule has 2 rings (SSSR count). The minimum atomic E-state index is -0.837. The van der Waals surface area contributed by atoms with E-state index in [4.69, 9.17) is 16.7 Å². The fraction of sp³-hybridized carbons (Fsp3) is 0.278. The Hall–Kier alpha value is -2.60. The van der Waals surface area contributed by atoms with Gasteiger partial charge in [-0.05, 0) is 50.6 Å². The van der Waals surface area contributed by atoms with Crippen LogP contribution in [0.25, 0.3) is 0 Å². The van der Waals surface area contributed by atoms with Crippen LogP contribution in [0.5, 0.6) is 0 Å². The summed E-state index contributed by atoms with van der Waals surface area (Å²) < 4.78 is 0. The van der Waals surface area contributed by atoms with E-state index in [1.54, 1.807) is 36.4 Å². The van der Waals surface area contributed by atoms with Gasteiger partial charge in [0.2, 0.25) is 0 Å². The van der Waals surface area contributed by atoms with Crippen LogP contribution < -0.4 is 10.6 Å². The molecule has 0 aliphatic carbocycles. The van der Waals surface area contributed by atoms with Crippen molar-refractivity contribution in [1.29, 1.82) is 0 Å². The highest BCUT2D eigenvalue weighted by molar-refractivity contribution is 6.30. The van der Waals surface area contributed by atoms with E-state index in [9.17, 15) is 9.59 Å². The largest absolute Gasteiger partial charge is 0.481 e. The van der Waals surface area contributed by atoms with Gasteiger partial charge in [0.05, 0.1) is 5.56 Å². The minimum Gasteiger partial charge on any atom is -0.481 e. The molecule has 0 bridgehead atoms. The first-order chi connectivity index (χ1) is 11.7. The molecule has 1 amide bonds. The van der Waals surface area contributed by atoms with Gasteiger partial charge < -0.3 is 15.7 Å². The second kappa shape index (κ2) is 7.98. The molecule has 25 heavy (non-hydrogen) atoms. The van der Waals surface area contributed by atoms with Crippen LogP contribution in [0.4, 0.5) is 11.5 Å². The predicted octanol–water partition coefficient (Wildman–Crippen LogP) is 4.04. The maximum atomic E-state index is 12.2. The molecular weight excluding hydrogens is 342 g/mol. The van der Waals surface area contributed by atoms with Gasteiger partial charge in [-0.2, -0.15) is 0 Å². The summed E-state index contributed by atoms with van der Waals surface area (Å²) in [5.41, 5.74) is 0.596. The predicted molar refractivity (Wildman–Crippen MR) is 98.2 cm³/mol.